The first-order valence-electron chi connectivity index (χ1n) is 4.97. The van der Waals surface area contributed by atoms with Gasteiger partial charge in [0.15, 0.2) is 0 Å². The van der Waals surface area contributed by atoms with E-state index in [1.54, 1.807) is 0 Å². The quantitative estimate of drug-likeness (QED) is 0.585. The molecule has 82 valence electrons. The Kier molecular flexibility index (Phi) is 3.12. The molecule has 0 aliphatic heterocycles. The third-order valence-corrected chi connectivity index (χ3v) is 2.87. The smallest absolute Gasteiger partial charge is 0.328 e. The van der Waals surface area contributed by atoms with Crippen LogP contribution in [0.3, 0.4) is 0 Å². The van der Waals surface area contributed by atoms with Crippen LogP contribution in [0.2, 0.25) is 0 Å². The van der Waals surface area contributed by atoms with Gasteiger partial charge in [0.05, 0.1) is 0 Å². The summed E-state index contributed by atoms with van der Waals surface area (Å²) in [5.41, 5.74) is -1.07. The summed E-state index contributed by atoms with van der Waals surface area (Å²) in [5, 5.41) is 0. The third-order valence-electron chi connectivity index (χ3n) is 2.53. The Balaban J connectivity index is 2.61. The van der Waals surface area contributed by atoms with Gasteiger partial charge in [-0.3, -0.25) is 0 Å². The van der Waals surface area contributed by atoms with Crippen LogP contribution in [0.1, 0.15) is 40.5 Å². The second-order valence-corrected chi connectivity index (χ2v) is 5.07. The predicted octanol–water partition coefficient (Wildman–Crippen LogP) is 2.24. The van der Waals surface area contributed by atoms with Gasteiger partial charge in [0.1, 0.15) is 11.1 Å². The first-order chi connectivity index (χ1) is 6.35. The Morgan fingerprint density at radius 3 is 2.50 bits per heavy atom. The van der Waals surface area contributed by atoms with Crippen molar-refractivity contribution in [3.8, 4) is 0 Å². The molecule has 1 rings (SSSR count). The minimum Gasteiger partial charge on any atom is -0.459 e. The first kappa shape index (κ1) is 11.8. The van der Waals surface area contributed by atoms with Crippen LogP contribution in [0.4, 0.5) is 0 Å². The molecule has 14 heavy (non-hydrogen) atoms. The number of hydrogen-bond donors (Lipinski definition) is 1. The SMILES string of the molecule is CC[C@H]1C[C@]1(NCl)C(=O)OC(C)(C)C. The van der Waals surface area contributed by atoms with Gasteiger partial charge in [-0.15, -0.1) is 0 Å². The summed E-state index contributed by atoms with van der Waals surface area (Å²) in [5.74, 6) is 0.0849. The van der Waals surface area contributed by atoms with Gasteiger partial charge >= 0.3 is 5.97 Å². The number of ether oxygens (including phenoxy) is 1. The Morgan fingerprint density at radius 1 is 1.64 bits per heavy atom. The maximum absolute atomic E-state index is 11.8. The lowest BCUT2D eigenvalue weighted by Crippen LogP contribution is -2.41. The molecule has 1 aliphatic carbocycles. The molecule has 0 aromatic heterocycles. The first-order valence-corrected chi connectivity index (χ1v) is 5.35. The number of carbonyl (C=O) groups excluding carboxylic acids is 1. The van der Waals surface area contributed by atoms with Crippen molar-refractivity contribution in [2.75, 3.05) is 0 Å². The monoisotopic (exact) mass is 219 g/mol. The molecule has 4 heteroatoms. The summed E-state index contributed by atoms with van der Waals surface area (Å²) in [4.78, 5) is 14.3. The van der Waals surface area contributed by atoms with Crippen molar-refractivity contribution in [1.82, 2.24) is 4.84 Å². The molecular formula is C10H18ClNO2. The molecule has 0 heterocycles. The lowest BCUT2D eigenvalue weighted by Gasteiger charge is -2.23. The van der Waals surface area contributed by atoms with Crippen LogP contribution in [0.15, 0.2) is 0 Å². The van der Waals surface area contributed by atoms with E-state index in [4.69, 9.17) is 16.5 Å². The molecule has 0 amide bonds. The summed E-state index contributed by atoms with van der Waals surface area (Å²) in [6.07, 6.45) is 1.72. The highest BCUT2D eigenvalue weighted by Crippen LogP contribution is 2.47. The Bertz CT molecular complexity index is 237. The number of halogens is 1. The lowest BCUT2D eigenvalue weighted by molar-refractivity contribution is -0.158. The molecule has 0 aromatic rings. The lowest BCUT2D eigenvalue weighted by atomic mass is 10.1. The van der Waals surface area contributed by atoms with E-state index in [1.807, 2.05) is 27.7 Å². The number of hydrogen-bond acceptors (Lipinski definition) is 3. The second kappa shape index (κ2) is 3.70. The predicted molar refractivity (Wildman–Crippen MR) is 56.0 cm³/mol. The van der Waals surface area contributed by atoms with Gasteiger partial charge < -0.3 is 4.74 Å². The van der Waals surface area contributed by atoms with Crippen LogP contribution in [-0.4, -0.2) is 17.1 Å². The largest absolute Gasteiger partial charge is 0.459 e. The molecule has 3 nitrogen and oxygen atoms in total. The minimum absolute atomic E-state index is 0.230. The zero-order valence-electron chi connectivity index (χ0n) is 9.19. The van der Waals surface area contributed by atoms with Gasteiger partial charge in [-0.1, -0.05) is 13.3 Å². The van der Waals surface area contributed by atoms with E-state index in [-0.39, 0.29) is 5.97 Å². The topological polar surface area (TPSA) is 38.3 Å². The van der Waals surface area contributed by atoms with Gasteiger partial charge in [-0.05, 0) is 44.9 Å². The number of carbonyl (C=O) groups is 1. The highest BCUT2D eigenvalue weighted by atomic mass is 35.5. The van der Waals surface area contributed by atoms with Crippen molar-refractivity contribution >= 4 is 17.7 Å². The molecule has 1 saturated carbocycles. The number of nitrogens with one attached hydrogen (secondary N) is 1. The summed E-state index contributed by atoms with van der Waals surface area (Å²) < 4.78 is 5.30. The maximum atomic E-state index is 11.8. The Hall–Kier alpha value is -0.280. The molecule has 1 aliphatic rings. The van der Waals surface area contributed by atoms with Gasteiger partial charge in [0.25, 0.3) is 0 Å². The van der Waals surface area contributed by atoms with Crippen LogP contribution in [0.5, 0.6) is 0 Å². The highest BCUT2D eigenvalue weighted by molar-refractivity contribution is 6.16. The summed E-state index contributed by atoms with van der Waals surface area (Å²) in [6, 6.07) is 0. The van der Waals surface area contributed by atoms with Crippen molar-refractivity contribution < 1.29 is 9.53 Å². The second-order valence-electron chi connectivity index (χ2n) is 4.88. The van der Waals surface area contributed by atoms with E-state index in [0.29, 0.717) is 5.92 Å². The molecule has 0 aromatic carbocycles. The van der Waals surface area contributed by atoms with Crippen LogP contribution in [0, 0.1) is 5.92 Å². The van der Waals surface area contributed by atoms with Crippen molar-refractivity contribution in [1.29, 1.82) is 0 Å². The standard InChI is InChI=1S/C10H18ClNO2/c1-5-7-6-10(7,12-11)8(13)14-9(2,3)4/h7,12H,5-6H2,1-4H3/t7-,10+/m0/s1. The van der Waals surface area contributed by atoms with Crippen LogP contribution in [0.25, 0.3) is 0 Å². The Labute approximate surface area is 90.3 Å². The van der Waals surface area contributed by atoms with Gasteiger partial charge in [-0.2, -0.15) is 0 Å². The van der Waals surface area contributed by atoms with Crippen LogP contribution < -0.4 is 4.84 Å². The maximum Gasteiger partial charge on any atom is 0.328 e. The fourth-order valence-electron chi connectivity index (χ4n) is 1.60. The molecule has 0 saturated heterocycles. The summed E-state index contributed by atoms with van der Waals surface area (Å²) in [6.45, 7) is 7.62. The van der Waals surface area contributed by atoms with Gasteiger partial charge in [-0.25, -0.2) is 9.63 Å². The van der Waals surface area contributed by atoms with Gasteiger partial charge in [0, 0.05) is 0 Å². The van der Waals surface area contributed by atoms with Crippen LogP contribution in [-0.2, 0) is 9.53 Å². The number of rotatable bonds is 3. The molecule has 1 fully saturated rings. The molecule has 0 spiro atoms. The molecule has 0 bridgehead atoms. The molecule has 1 N–H and O–H groups in total. The van der Waals surface area contributed by atoms with E-state index in [1.165, 1.54) is 0 Å². The summed E-state index contributed by atoms with van der Waals surface area (Å²) in [7, 11) is 0. The summed E-state index contributed by atoms with van der Waals surface area (Å²) >= 11 is 5.60. The zero-order valence-corrected chi connectivity index (χ0v) is 9.94. The fraction of sp³-hybridized carbons (Fsp3) is 0.900. The van der Waals surface area contributed by atoms with E-state index >= 15 is 0 Å². The van der Waals surface area contributed by atoms with Crippen molar-refractivity contribution in [2.45, 2.75) is 51.7 Å². The zero-order chi connectivity index (χ0) is 11.0. The molecule has 0 unspecified atom stereocenters. The van der Waals surface area contributed by atoms with Crippen molar-refractivity contribution in [2.24, 2.45) is 5.92 Å². The van der Waals surface area contributed by atoms with Crippen molar-refractivity contribution in [3.63, 3.8) is 0 Å². The van der Waals surface area contributed by atoms with E-state index in [9.17, 15) is 4.79 Å². The fourth-order valence-corrected chi connectivity index (χ4v) is 1.90. The molecule has 0 radical (unpaired) electrons. The van der Waals surface area contributed by atoms with E-state index in [2.05, 4.69) is 4.84 Å². The average Bonchev–Trinajstić information content (AvgIpc) is 2.76. The molecule has 2 atom stereocenters. The normalized spacial score (nSPS) is 31.4. The highest BCUT2D eigenvalue weighted by Gasteiger charge is 2.60. The van der Waals surface area contributed by atoms with Gasteiger partial charge in [0.2, 0.25) is 0 Å². The minimum atomic E-state index is -0.621. The van der Waals surface area contributed by atoms with E-state index in [0.717, 1.165) is 12.8 Å². The third kappa shape index (κ3) is 2.20. The van der Waals surface area contributed by atoms with Crippen LogP contribution >= 0.6 is 11.8 Å². The Morgan fingerprint density at radius 2 is 2.21 bits per heavy atom. The molecular weight excluding hydrogens is 202 g/mol. The average molecular weight is 220 g/mol. The van der Waals surface area contributed by atoms with Crippen molar-refractivity contribution in [3.05, 3.63) is 0 Å². The number of esters is 1. The van der Waals surface area contributed by atoms with E-state index < -0.39 is 11.1 Å².